The monoisotopic (exact) mass is 435 g/mol. The molecule has 1 unspecified atom stereocenters. The van der Waals surface area contributed by atoms with E-state index >= 15 is 0 Å². The number of hydrogen-bond acceptors (Lipinski definition) is 6. The maximum absolute atomic E-state index is 13.0. The fourth-order valence-electron chi connectivity index (χ4n) is 4.11. The van der Waals surface area contributed by atoms with E-state index in [1.807, 2.05) is 42.7 Å². The number of benzene rings is 2. The third kappa shape index (κ3) is 3.61. The largest absolute Gasteiger partial charge is 0.854 e. The molecule has 1 aromatic heterocycles. The lowest BCUT2D eigenvalue weighted by molar-refractivity contribution is -0.764. The van der Waals surface area contributed by atoms with E-state index in [4.69, 9.17) is 0 Å². The molecule has 1 amide bonds. The van der Waals surface area contributed by atoms with Crippen LogP contribution in [0.1, 0.15) is 32.5 Å². The molecular formula is C23H25N5O2S. The van der Waals surface area contributed by atoms with Gasteiger partial charge in [0.05, 0.1) is 17.1 Å². The third-order valence-corrected chi connectivity index (χ3v) is 6.10. The number of aromatic nitrogens is 3. The van der Waals surface area contributed by atoms with Gasteiger partial charge in [-0.1, -0.05) is 28.6 Å². The Hall–Kier alpha value is -3.13. The van der Waals surface area contributed by atoms with Crippen LogP contribution in [0.5, 0.6) is 5.88 Å². The van der Waals surface area contributed by atoms with Gasteiger partial charge in [-0.3, -0.25) is 4.79 Å². The van der Waals surface area contributed by atoms with E-state index in [1.54, 1.807) is 9.58 Å². The molecule has 4 rings (SSSR count). The highest BCUT2D eigenvalue weighted by molar-refractivity contribution is 7.98. The molecule has 0 bridgehead atoms. The maximum atomic E-state index is 13.0. The lowest BCUT2D eigenvalue weighted by Gasteiger charge is -2.33. The normalized spacial score (nSPS) is 14.7. The summed E-state index contributed by atoms with van der Waals surface area (Å²) in [5.74, 6) is -0.472. The van der Waals surface area contributed by atoms with Gasteiger partial charge in [0.1, 0.15) is 0 Å². The summed E-state index contributed by atoms with van der Waals surface area (Å²) in [6.45, 7) is 7.60. The average Bonchev–Trinajstić information content (AvgIpc) is 2.79. The number of fused-ring (bicyclic) bond motifs is 3. The fourth-order valence-corrected chi connectivity index (χ4v) is 4.45. The Morgan fingerprint density at radius 1 is 1.16 bits per heavy atom. The molecule has 8 heteroatoms. The number of nitrogens with zero attached hydrogens (tertiary/aromatic N) is 5. The van der Waals surface area contributed by atoms with Crippen molar-refractivity contribution in [3.8, 4) is 17.1 Å². The summed E-state index contributed by atoms with van der Waals surface area (Å²) in [4.78, 5) is 20.9. The van der Waals surface area contributed by atoms with Crippen LogP contribution in [0.3, 0.4) is 0 Å². The molecular weight excluding hydrogens is 410 g/mol. The Kier molecular flexibility index (Phi) is 5.82. The van der Waals surface area contributed by atoms with E-state index in [1.165, 1.54) is 18.7 Å². The zero-order valence-corrected chi connectivity index (χ0v) is 18.9. The van der Waals surface area contributed by atoms with Crippen molar-refractivity contribution < 1.29 is 14.6 Å². The van der Waals surface area contributed by atoms with Crippen molar-refractivity contribution in [2.24, 2.45) is 0 Å². The lowest BCUT2D eigenvalue weighted by Crippen LogP contribution is -2.58. The highest BCUT2D eigenvalue weighted by Crippen LogP contribution is 2.40. The van der Waals surface area contributed by atoms with Crippen LogP contribution >= 0.6 is 11.8 Å². The first-order valence-electron chi connectivity index (χ1n) is 10.3. The second kappa shape index (κ2) is 8.55. The van der Waals surface area contributed by atoms with Crippen LogP contribution < -0.4 is 19.6 Å². The molecule has 0 saturated heterocycles. The minimum absolute atomic E-state index is 0.125. The molecule has 1 aliphatic heterocycles. The molecule has 0 radical (unpaired) electrons. The summed E-state index contributed by atoms with van der Waals surface area (Å²) in [5, 5.41) is 18.0. The molecule has 160 valence electrons. The Morgan fingerprint density at radius 2 is 1.84 bits per heavy atom. The second-order valence-corrected chi connectivity index (χ2v) is 8.01. The topological polar surface area (TPSA) is 76.3 Å². The number of rotatable bonds is 5. The van der Waals surface area contributed by atoms with Gasteiger partial charge in [0.2, 0.25) is 5.91 Å². The number of thioether (sulfide) groups is 1. The zero-order chi connectivity index (χ0) is 22.1. The summed E-state index contributed by atoms with van der Waals surface area (Å²) in [7, 11) is 0. The Morgan fingerprint density at radius 3 is 2.45 bits per heavy atom. The van der Waals surface area contributed by atoms with Gasteiger partial charge in [-0.15, -0.1) is 0 Å². The number of amides is 1. The minimum atomic E-state index is -0.574. The molecule has 1 atom stereocenters. The van der Waals surface area contributed by atoms with E-state index in [2.05, 4.69) is 41.0 Å². The first-order chi connectivity index (χ1) is 15.0. The highest BCUT2D eigenvalue weighted by atomic mass is 32.2. The first kappa shape index (κ1) is 21.1. The lowest BCUT2D eigenvalue weighted by atomic mass is 10.0. The van der Waals surface area contributed by atoms with Crippen molar-refractivity contribution in [1.29, 1.82) is 0 Å². The quantitative estimate of drug-likeness (QED) is 0.453. The predicted molar refractivity (Wildman–Crippen MR) is 120 cm³/mol. The van der Waals surface area contributed by atoms with Crippen molar-refractivity contribution in [2.75, 3.05) is 29.1 Å². The number of carbonyl (C=O) groups is 1. The number of para-hydroxylation sites is 1. The standard InChI is InChI=1S/C23H25N5O2S/c1-5-26(6-2)17-13-11-16(12-14-17)22-27(15(3)29)19-10-8-7-9-18(19)20-21(30)24-23(31-4)25-28(20)22/h7-14,22H,5-6H2,1-4H3. The third-order valence-electron chi connectivity index (χ3n) is 5.56. The zero-order valence-electron chi connectivity index (χ0n) is 18.1. The summed E-state index contributed by atoms with van der Waals surface area (Å²) in [6, 6.07) is 15.5. The van der Waals surface area contributed by atoms with Crippen molar-refractivity contribution in [2.45, 2.75) is 32.1 Å². The van der Waals surface area contributed by atoms with Crippen molar-refractivity contribution in [3.05, 3.63) is 54.1 Å². The molecule has 2 heterocycles. The molecule has 0 N–H and O–H groups in total. The van der Waals surface area contributed by atoms with Crippen LogP contribution in [0, 0.1) is 0 Å². The number of anilines is 2. The Bertz CT molecular complexity index is 1120. The van der Waals surface area contributed by atoms with Gasteiger partial charge < -0.3 is 10.0 Å². The van der Waals surface area contributed by atoms with Crippen molar-refractivity contribution in [1.82, 2.24) is 10.1 Å². The van der Waals surface area contributed by atoms with E-state index < -0.39 is 6.17 Å². The van der Waals surface area contributed by atoms with Gasteiger partial charge in [0.25, 0.3) is 17.0 Å². The molecule has 1 aliphatic rings. The van der Waals surface area contributed by atoms with Crippen LogP contribution in [0.15, 0.2) is 53.7 Å². The van der Waals surface area contributed by atoms with Gasteiger partial charge >= 0.3 is 0 Å². The van der Waals surface area contributed by atoms with Crippen LogP contribution in [-0.4, -0.2) is 35.3 Å². The smallest absolute Gasteiger partial charge is 0.293 e. The Balaban J connectivity index is 1.95. The van der Waals surface area contributed by atoms with Gasteiger partial charge in [0.15, 0.2) is 0 Å². The molecule has 2 aromatic carbocycles. The molecule has 31 heavy (non-hydrogen) atoms. The SMILES string of the molecule is CCN(CC)c1ccc(C2N(C(C)=O)c3ccccc3-c3c([O-])nc(SC)n[n+]32)cc1. The highest BCUT2D eigenvalue weighted by Gasteiger charge is 2.43. The van der Waals surface area contributed by atoms with Crippen LogP contribution in [0.4, 0.5) is 11.4 Å². The molecule has 0 aliphatic carbocycles. The van der Waals surface area contributed by atoms with Gasteiger partial charge in [-0.25, -0.2) is 9.88 Å². The Labute approximate surface area is 186 Å². The number of hydrogen-bond donors (Lipinski definition) is 0. The van der Waals surface area contributed by atoms with Crippen LogP contribution in [0.25, 0.3) is 11.3 Å². The van der Waals surface area contributed by atoms with Gasteiger partial charge in [-0.2, -0.15) is 0 Å². The summed E-state index contributed by atoms with van der Waals surface area (Å²) in [6.07, 6.45) is 1.25. The van der Waals surface area contributed by atoms with E-state index in [0.29, 0.717) is 22.1 Å². The van der Waals surface area contributed by atoms with E-state index in [9.17, 15) is 9.90 Å². The van der Waals surface area contributed by atoms with Gasteiger partial charge in [-0.05, 0) is 56.5 Å². The predicted octanol–water partition coefficient (Wildman–Crippen LogP) is 2.99. The van der Waals surface area contributed by atoms with Gasteiger partial charge in [0, 0.05) is 36.4 Å². The van der Waals surface area contributed by atoms with Crippen LogP contribution in [0.2, 0.25) is 0 Å². The average molecular weight is 436 g/mol. The fraction of sp³-hybridized carbons (Fsp3) is 0.304. The van der Waals surface area contributed by atoms with Crippen molar-refractivity contribution >= 4 is 29.0 Å². The molecule has 0 spiro atoms. The van der Waals surface area contributed by atoms with E-state index in [-0.39, 0.29) is 11.8 Å². The summed E-state index contributed by atoms with van der Waals surface area (Å²) < 4.78 is 1.65. The van der Waals surface area contributed by atoms with Crippen LogP contribution in [-0.2, 0) is 4.79 Å². The molecule has 3 aromatic rings. The molecule has 7 nitrogen and oxygen atoms in total. The maximum Gasteiger partial charge on any atom is 0.293 e. The van der Waals surface area contributed by atoms with E-state index in [0.717, 1.165) is 24.3 Å². The molecule has 0 saturated carbocycles. The van der Waals surface area contributed by atoms with Crippen molar-refractivity contribution in [3.63, 3.8) is 0 Å². The minimum Gasteiger partial charge on any atom is -0.854 e. The molecule has 0 fully saturated rings. The summed E-state index contributed by atoms with van der Waals surface area (Å²) in [5.41, 5.74) is 3.72. The summed E-state index contributed by atoms with van der Waals surface area (Å²) >= 11 is 1.30. The second-order valence-electron chi connectivity index (χ2n) is 7.24. The first-order valence-corrected chi connectivity index (χ1v) is 11.5. The number of carbonyl (C=O) groups excluding carboxylic acids is 1.